The zero-order valence-corrected chi connectivity index (χ0v) is 12.9. The van der Waals surface area contributed by atoms with Crippen LogP contribution in [-0.4, -0.2) is 31.8 Å². The molecule has 0 bridgehead atoms. The van der Waals surface area contributed by atoms with Crippen molar-refractivity contribution in [1.29, 1.82) is 0 Å². The largest absolute Gasteiger partial charge is 0.480 e. The van der Waals surface area contributed by atoms with E-state index in [-0.39, 0.29) is 6.42 Å². The van der Waals surface area contributed by atoms with Crippen molar-refractivity contribution in [1.82, 2.24) is 0 Å². The Morgan fingerprint density at radius 1 is 1.05 bits per heavy atom. The van der Waals surface area contributed by atoms with Crippen molar-refractivity contribution >= 4 is 21.7 Å². The highest BCUT2D eigenvalue weighted by Gasteiger charge is 2.32. The van der Waals surface area contributed by atoms with Gasteiger partial charge in [-0.1, -0.05) is 48.5 Å². The van der Waals surface area contributed by atoms with Gasteiger partial charge in [0.25, 0.3) is 0 Å². The second kappa shape index (κ2) is 6.62. The number of rotatable bonds is 6. The van der Waals surface area contributed by atoms with Gasteiger partial charge in [0.05, 0.1) is 11.9 Å². The summed E-state index contributed by atoms with van der Waals surface area (Å²) in [6.07, 6.45) is 1.11. The number of carboxylic acids is 1. The summed E-state index contributed by atoms with van der Waals surface area (Å²) in [6.45, 7) is 0. The first-order chi connectivity index (χ1) is 10.4. The van der Waals surface area contributed by atoms with E-state index in [1.54, 1.807) is 54.6 Å². The van der Waals surface area contributed by atoms with Crippen molar-refractivity contribution in [3.63, 3.8) is 0 Å². The third kappa shape index (κ3) is 3.85. The molecule has 5 nitrogen and oxygen atoms in total. The maximum Gasteiger partial charge on any atom is 0.327 e. The molecule has 116 valence electrons. The van der Waals surface area contributed by atoms with Crippen LogP contribution < -0.4 is 4.31 Å². The molecule has 0 heterocycles. The van der Waals surface area contributed by atoms with Crippen molar-refractivity contribution in [3.05, 3.63) is 66.2 Å². The first-order valence-electron chi connectivity index (χ1n) is 6.71. The smallest absolute Gasteiger partial charge is 0.327 e. The van der Waals surface area contributed by atoms with Crippen molar-refractivity contribution in [2.45, 2.75) is 12.5 Å². The molecule has 0 unspecified atom stereocenters. The molecule has 22 heavy (non-hydrogen) atoms. The molecule has 0 aliphatic rings. The van der Waals surface area contributed by atoms with Crippen LogP contribution >= 0.6 is 0 Å². The minimum Gasteiger partial charge on any atom is -0.480 e. The molecule has 2 aromatic rings. The Balaban J connectivity index is 2.44. The number of benzene rings is 2. The molecule has 2 aromatic carbocycles. The Bertz CT molecular complexity index is 729. The second-order valence-electron chi connectivity index (χ2n) is 4.94. The molecule has 0 saturated heterocycles. The van der Waals surface area contributed by atoms with Gasteiger partial charge in [0.1, 0.15) is 6.04 Å². The lowest BCUT2D eigenvalue weighted by Gasteiger charge is -2.28. The van der Waals surface area contributed by atoms with Gasteiger partial charge in [-0.25, -0.2) is 13.2 Å². The van der Waals surface area contributed by atoms with E-state index in [2.05, 4.69) is 0 Å². The molecule has 0 spiro atoms. The van der Waals surface area contributed by atoms with Crippen molar-refractivity contribution in [2.75, 3.05) is 10.6 Å². The molecule has 0 aromatic heterocycles. The minimum absolute atomic E-state index is 0.0954. The summed E-state index contributed by atoms with van der Waals surface area (Å²) in [5.74, 6) is -1.18. The molecule has 0 fully saturated rings. The van der Waals surface area contributed by atoms with E-state index in [1.807, 2.05) is 6.07 Å². The Morgan fingerprint density at radius 3 is 2.00 bits per heavy atom. The van der Waals surface area contributed by atoms with Crippen LogP contribution in [-0.2, 0) is 21.2 Å². The molecule has 0 aliphatic carbocycles. The van der Waals surface area contributed by atoms with Gasteiger partial charge in [0.2, 0.25) is 10.0 Å². The summed E-state index contributed by atoms with van der Waals surface area (Å²) in [6, 6.07) is 16.0. The lowest BCUT2D eigenvalue weighted by molar-refractivity contribution is -0.138. The van der Waals surface area contributed by atoms with Crippen LogP contribution in [0.3, 0.4) is 0 Å². The maximum absolute atomic E-state index is 12.1. The molecular weight excluding hydrogens is 302 g/mol. The Labute approximate surface area is 129 Å². The van der Waals surface area contributed by atoms with Gasteiger partial charge in [-0.3, -0.25) is 4.31 Å². The van der Waals surface area contributed by atoms with Gasteiger partial charge in [-0.15, -0.1) is 0 Å². The van der Waals surface area contributed by atoms with E-state index in [1.165, 1.54) is 0 Å². The van der Waals surface area contributed by atoms with Crippen LogP contribution in [0.4, 0.5) is 5.69 Å². The van der Waals surface area contributed by atoms with Gasteiger partial charge in [0.15, 0.2) is 0 Å². The monoisotopic (exact) mass is 319 g/mol. The van der Waals surface area contributed by atoms with Crippen LogP contribution in [0.2, 0.25) is 0 Å². The zero-order chi connectivity index (χ0) is 16.2. The molecule has 0 aliphatic heterocycles. The normalized spacial score (nSPS) is 12.6. The fourth-order valence-electron chi connectivity index (χ4n) is 2.29. The number of nitrogens with zero attached hydrogens (tertiary/aromatic N) is 1. The first-order valence-corrected chi connectivity index (χ1v) is 8.55. The topological polar surface area (TPSA) is 74.7 Å². The SMILES string of the molecule is CS(=O)(=O)N(c1ccccc1)[C@@H](Cc1ccccc1)C(=O)O. The summed E-state index contributed by atoms with van der Waals surface area (Å²) in [5.41, 5.74) is 1.10. The maximum atomic E-state index is 12.1. The molecule has 0 saturated carbocycles. The highest BCUT2D eigenvalue weighted by molar-refractivity contribution is 7.92. The van der Waals surface area contributed by atoms with Gasteiger partial charge in [-0.2, -0.15) is 0 Å². The van der Waals surface area contributed by atoms with Gasteiger partial charge >= 0.3 is 5.97 Å². The van der Waals surface area contributed by atoms with E-state index in [0.29, 0.717) is 5.69 Å². The molecular formula is C16H17NO4S. The first kappa shape index (κ1) is 16.0. The number of carboxylic acid groups (broad SMARTS) is 1. The molecule has 6 heteroatoms. The molecule has 1 N–H and O–H groups in total. The average molecular weight is 319 g/mol. The fraction of sp³-hybridized carbons (Fsp3) is 0.188. The van der Waals surface area contributed by atoms with Gasteiger partial charge in [0, 0.05) is 6.42 Å². The zero-order valence-electron chi connectivity index (χ0n) is 12.1. The molecule has 0 radical (unpaired) electrons. The third-order valence-electron chi connectivity index (χ3n) is 3.21. The molecule has 2 rings (SSSR count). The standard InChI is InChI=1S/C16H17NO4S/c1-22(20,21)17(14-10-6-3-7-11-14)15(16(18)19)12-13-8-4-2-5-9-13/h2-11,15H,12H2,1H3,(H,18,19)/t15-/m0/s1. The summed E-state index contributed by atoms with van der Waals surface area (Å²) in [4.78, 5) is 11.7. The number of hydrogen-bond acceptors (Lipinski definition) is 3. The second-order valence-corrected chi connectivity index (χ2v) is 6.80. The van der Waals surface area contributed by atoms with Crippen LogP contribution in [0.1, 0.15) is 5.56 Å². The predicted molar refractivity (Wildman–Crippen MR) is 85.3 cm³/mol. The number of hydrogen-bond donors (Lipinski definition) is 1. The summed E-state index contributed by atoms with van der Waals surface area (Å²) in [5, 5.41) is 9.52. The van der Waals surface area contributed by atoms with Crippen LogP contribution in [0.5, 0.6) is 0 Å². The third-order valence-corrected chi connectivity index (χ3v) is 4.39. The van der Waals surface area contributed by atoms with E-state index in [4.69, 9.17) is 0 Å². The van der Waals surface area contributed by atoms with Gasteiger partial charge in [-0.05, 0) is 17.7 Å². The van der Waals surface area contributed by atoms with Crippen LogP contribution in [0.15, 0.2) is 60.7 Å². The minimum atomic E-state index is -3.73. The number of sulfonamides is 1. The Morgan fingerprint density at radius 2 is 1.55 bits per heavy atom. The number of aliphatic carboxylic acids is 1. The molecule has 1 atom stereocenters. The van der Waals surface area contributed by atoms with Crippen molar-refractivity contribution in [2.24, 2.45) is 0 Å². The summed E-state index contributed by atoms with van der Waals surface area (Å²) in [7, 11) is -3.73. The Kier molecular flexibility index (Phi) is 4.82. The average Bonchev–Trinajstić information content (AvgIpc) is 2.47. The van der Waals surface area contributed by atoms with Gasteiger partial charge < -0.3 is 5.11 Å². The highest BCUT2D eigenvalue weighted by Crippen LogP contribution is 2.22. The number of carbonyl (C=O) groups is 1. The highest BCUT2D eigenvalue weighted by atomic mass is 32.2. The summed E-state index contributed by atoms with van der Waals surface area (Å²) >= 11 is 0. The lowest BCUT2D eigenvalue weighted by atomic mass is 10.1. The predicted octanol–water partition coefficient (Wildman–Crippen LogP) is 2.15. The number of anilines is 1. The van der Waals surface area contributed by atoms with E-state index in [9.17, 15) is 18.3 Å². The Hall–Kier alpha value is -2.34. The van der Waals surface area contributed by atoms with Crippen molar-refractivity contribution < 1.29 is 18.3 Å². The fourth-order valence-corrected chi connectivity index (χ4v) is 3.42. The number of para-hydroxylation sites is 1. The van der Waals surface area contributed by atoms with Crippen LogP contribution in [0.25, 0.3) is 0 Å². The summed E-state index contributed by atoms with van der Waals surface area (Å²) < 4.78 is 25.2. The van der Waals surface area contributed by atoms with E-state index < -0.39 is 22.0 Å². The molecule has 0 amide bonds. The van der Waals surface area contributed by atoms with E-state index >= 15 is 0 Å². The van der Waals surface area contributed by atoms with Crippen LogP contribution in [0, 0.1) is 0 Å². The quantitative estimate of drug-likeness (QED) is 0.885. The lowest BCUT2D eigenvalue weighted by Crippen LogP contribution is -2.46. The van der Waals surface area contributed by atoms with E-state index in [0.717, 1.165) is 16.1 Å². The van der Waals surface area contributed by atoms with Crippen molar-refractivity contribution in [3.8, 4) is 0 Å².